The van der Waals surface area contributed by atoms with E-state index < -0.39 is 0 Å². The molecule has 6 heteroatoms. The summed E-state index contributed by atoms with van der Waals surface area (Å²) >= 11 is 1.51. The van der Waals surface area contributed by atoms with Crippen LogP contribution in [0.25, 0.3) is 4.96 Å². The van der Waals surface area contributed by atoms with Crippen LogP contribution < -0.4 is 5.32 Å². The van der Waals surface area contributed by atoms with Crippen LogP contribution >= 0.6 is 11.3 Å². The Morgan fingerprint density at radius 3 is 2.86 bits per heavy atom. The molecule has 0 aliphatic rings. The molecule has 3 aromatic rings. The number of carbonyl (C=O) groups excluding carboxylic acids is 1. The predicted molar refractivity (Wildman–Crippen MR) is 80.2 cm³/mol. The minimum absolute atomic E-state index is 0.188. The number of hydrogen-bond donors (Lipinski definition) is 1. The molecule has 0 aliphatic heterocycles. The molecular weight excluding hydrogens is 289 g/mol. The van der Waals surface area contributed by atoms with Crippen LogP contribution in [0.1, 0.15) is 21.7 Å². The molecule has 1 aromatic carbocycles. The van der Waals surface area contributed by atoms with Gasteiger partial charge in [-0.1, -0.05) is 12.1 Å². The summed E-state index contributed by atoms with van der Waals surface area (Å²) in [6, 6.07) is 6.28. The molecule has 21 heavy (non-hydrogen) atoms. The molecule has 0 spiro atoms. The van der Waals surface area contributed by atoms with Gasteiger partial charge in [0.1, 0.15) is 11.5 Å². The van der Waals surface area contributed by atoms with Crippen LogP contribution in [0, 0.1) is 12.7 Å². The molecule has 0 atom stereocenters. The second kappa shape index (κ2) is 5.65. The van der Waals surface area contributed by atoms with Crippen molar-refractivity contribution in [2.75, 3.05) is 6.54 Å². The molecule has 1 amide bonds. The summed E-state index contributed by atoms with van der Waals surface area (Å²) in [5.41, 5.74) is 2.47. The minimum Gasteiger partial charge on any atom is -0.350 e. The van der Waals surface area contributed by atoms with Gasteiger partial charge in [-0.2, -0.15) is 0 Å². The van der Waals surface area contributed by atoms with E-state index in [1.54, 1.807) is 18.3 Å². The lowest BCUT2D eigenvalue weighted by atomic mass is 10.1. The summed E-state index contributed by atoms with van der Waals surface area (Å²) in [4.78, 5) is 17.1. The van der Waals surface area contributed by atoms with Crippen LogP contribution in [0.15, 0.2) is 35.8 Å². The topological polar surface area (TPSA) is 46.4 Å². The van der Waals surface area contributed by atoms with Crippen molar-refractivity contribution >= 4 is 22.2 Å². The first-order valence-corrected chi connectivity index (χ1v) is 7.47. The van der Waals surface area contributed by atoms with Crippen LogP contribution in [0.4, 0.5) is 4.39 Å². The molecule has 2 aromatic heterocycles. The standard InChI is InChI=1S/C15H14FN3OS/c1-10-9-21-15-18-13(8-19(10)15)14(20)17-7-6-11-2-4-12(16)5-3-11/h2-5,8-9H,6-7H2,1H3,(H,17,20). The molecule has 0 saturated heterocycles. The van der Waals surface area contributed by atoms with Crippen LogP contribution in [0.3, 0.4) is 0 Å². The van der Waals surface area contributed by atoms with Gasteiger partial charge in [0.2, 0.25) is 0 Å². The lowest BCUT2D eigenvalue weighted by Crippen LogP contribution is -2.26. The number of rotatable bonds is 4. The number of hydrogen-bond acceptors (Lipinski definition) is 3. The van der Waals surface area contributed by atoms with E-state index in [0.717, 1.165) is 16.2 Å². The van der Waals surface area contributed by atoms with Gasteiger partial charge in [0.15, 0.2) is 4.96 Å². The van der Waals surface area contributed by atoms with E-state index >= 15 is 0 Å². The Labute approximate surface area is 125 Å². The number of aryl methyl sites for hydroxylation is 1. The molecule has 2 heterocycles. The zero-order valence-electron chi connectivity index (χ0n) is 11.5. The van der Waals surface area contributed by atoms with Gasteiger partial charge in [0.05, 0.1) is 0 Å². The fraction of sp³-hybridized carbons (Fsp3) is 0.200. The Balaban J connectivity index is 1.59. The van der Waals surface area contributed by atoms with Gasteiger partial charge >= 0.3 is 0 Å². The maximum absolute atomic E-state index is 12.8. The molecule has 1 N–H and O–H groups in total. The smallest absolute Gasteiger partial charge is 0.271 e. The summed E-state index contributed by atoms with van der Waals surface area (Å²) in [5, 5.41) is 4.83. The number of thiazole rings is 1. The predicted octanol–water partition coefficient (Wildman–Crippen LogP) is 2.82. The van der Waals surface area contributed by atoms with Crippen molar-refractivity contribution in [3.05, 3.63) is 58.6 Å². The largest absolute Gasteiger partial charge is 0.350 e. The minimum atomic E-state index is -0.253. The molecule has 3 rings (SSSR count). The van der Waals surface area contributed by atoms with E-state index in [2.05, 4.69) is 10.3 Å². The Kier molecular flexibility index (Phi) is 3.70. The quantitative estimate of drug-likeness (QED) is 0.805. The number of halogens is 1. The van der Waals surface area contributed by atoms with E-state index in [-0.39, 0.29) is 11.7 Å². The van der Waals surface area contributed by atoms with Crippen molar-refractivity contribution in [3.63, 3.8) is 0 Å². The van der Waals surface area contributed by atoms with Gasteiger partial charge in [0.25, 0.3) is 5.91 Å². The van der Waals surface area contributed by atoms with Gasteiger partial charge in [-0.15, -0.1) is 11.3 Å². The highest BCUT2D eigenvalue weighted by Crippen LogP contribution is 2.15. The molecule has 0 aliphatic carbocycles. The molecule has 0 radical (unpaired) electrons. The lowest BCUT2D eigenvalue weighted by Gasteiger charge is -2.03. The molecule has 0 fully saturated rings. The Bertz CT molecular complexity index is 776. The van der Waals surface area contributed by atoms with Crippen molar-refractivity contribution < 1.29 is 9.18 Å². The third kappa shape index (κ3) is 2.95. The normalized spacial score (nSPS) is 11.0. The molecule has 0 saturated carbocycles. The average molecular weight is 303 g/mol. The van der Waals surface area contributed by atoms with Gasteiger partial charge in [0, 0.05) is 23.8 Å². The van der Waals surface area contributed by atoms with Crippen LogP contribution in [-0.2, 0) is 6.42 Å². The number of nitrogens with one attached hydrogen (secondary N) is 1. The monoisotopic (exact) mass is 303 g/mol. The van der Waals surface area contributed by atoms with Gasteiger partial charge in [-0.25, -0.2) is 9.37 Å². The van der Waals surface area contributed by atoms with Gasteiger partial charge in [-0.05, 0) is 31.0 Å². The van der Waals surface area contributed by atoms with Crippen molar-refractivity contribution in [2.45, 2.75) is 13.3 Å². The van der Waals surface area contributed by atoms with Crippen molar-refractivity contribution in [3.8, 4) is 0 Å². The number of fused-ring (bicyclic) bond motifs is 1. The second-order valence-electron chi connectivity index (χ2n) is 4.79. The van der Waals surface area contributed by atoms with E-state index in [0.29, 0.717) is 18.7 Å². The third-order valence-corrected chi connectivity index (χ3v) is 4.19. The summed E-state index contributed by atoms with van der Waals surface area (Å²) in [7, 11) is 0. The summed E-state index contributed by atoms with van der Waals surface area (Å²) in [6.07, 6.45) is 2.40. The highest BCUT2D eigenvalue weighted by Gasteiger charge is 2.12. The first kappa shape index (κ1) is 13.8. The van der Waals surface area contributed by atoms with E-state index in [4.69, 9.17) is 0 Å². The molecule has 0 unspecified atom stereocenters. The Morgan fingerprint density at radius 1 is 1.38 bits per heavy atom. The number of imidazole rings is 1. The van der Waals surface area contributed by atoms with Gasteiger partial charge in [-0.3, -0.25) is 9.20 Å². The van der Waals surface area contributed by atoms with E-state index in [9.17, 15) is 9.18 Å². The average Bonchev–Trinajstić information content (AvgIpc) is 3.04. The van der Waals surface area contributed by atoms with Crippen molar-refractivity contribution in [1.29, 1.82) is 0 Å². The Hall–Kier alpha value is -2.21. The molecule has 108 valence electrons. The summed E-state index contributed by atoms with van der Waals surface area (Å²) in [5.74, 6) is -0.441. The number of benzene rings is 1. The third-order valence-electron chi connectivity index (χ3n) is 3.23. The molecular formula is C15H14FN3OS. The van der Waals surface area contributed by atoms with Crippen LogP contribution in [-0.4, -0.2) is 21.8 Å². The Morgan fingerprint density at radius 2 is 2.14 bits per heavy atom. The van der Waals surface area contributed by atoms with Crippen molar-refractivity contribution in [1.82, 2.24) is 14.7 Å². The van der Waals surface area contributed by atoms with Crippen LogP contribution in [0.2, 0.25) is 0 Å². The number of aromatic nitrogens is 2. The van der Waals surface area contributed by atoms with Crippen LogP contribution in [0.5, 0.6) is 0 Å². The van der Waals surface area contributed by atoms with Gasteiger partial charge < -0.3 is 5.32 Å². The fourth-order valence-electron chi connectivity index (χ4n) is 2.07. The fourth-order valence-corrected chi connectivity index (χ4v) is 2.92. The van der Waals surface area contributed by atoms with E-state index in [1.165, 1.54) is 23.5 Å². The number of carbonyl (C=O) groups is 1. The summed E-state index contributed by atoms with van der Waals surface area (Å²) in [6.45, 7) is 2.47. The number of nitrogens with zero attached hydrogens (tertiary/aromatic N) is 2. The number of amides is 1. The molecule has 4 nitrogen and oxygen atoms in total. The highest BCUT2D eigenvalue weighted by atomic mass is 32.1. The first-order valence-electron chi connectivity index (χ1n) is 6.59. The summed E-state index contributed by atoms with van der Waals surface area (Å²) < 4.78 is 14.7. The maximum atomic E-state index is 12.8. The maximum Gasteiger partial charge on any atom is 0.271 e. The van der Waals surface area contributed by atoms with Crippen molar-refractivity contribution in [2.24, 2.45) is 0 Å². The highest BCUT2D eigenvalue weighted by molar-refractivity contribution is 7.15. The zero-order chi connectivity index (χ0) is 14.8. The van der Waals surface area contributed by atoms with E-state index in [1.807, 2.05) is 16.7 Å². The zero-order valence-corrected chi connectivity index (χ0v) is 12.3. The SMILES string of the molecule is Cc1csc2nc(C(=O)NCCc3ccc(F)cc3)cn12. The molecule has 0 bridgehead atoms. The second-order valence-corrected chi connectivity index (χ2v) is 5.62. The first-order chi connectivity index (χ1) is 10.1. The lowest BCUT2D eigenvalue weighted by molar-refractivity contribution is 0.0950.